The van der Waals surface area contributed by atoms with E-state index in [1.165, 1.54) is 28.9 Å². The molecule has 0 aliphatic heterocycles. The maximum absolute atomic E-state index is 12.9. The first-order valence-electron chi connectivity index (χ1n) is 6.68. The average molecular weight is 300 g/mol. The summed E-state index contributed by atoms with van der Waals surface area (Å²) in [6.45, 7) is 0.230. The zero-order valence-electron chi connectivity index (χ0n) is 11.6. The first-order valence-corrected chi connectivity index (χ1v) is 6.68. The van der Waals surface area contributed by atoms with Crippen molar-refractivity contribution in [2.75, 3.05) is 0 Å². The summed E-state index contributed by atoms with van der Waals surface area (Å²) < 4.78 is 19.2. The van der Waals surface area contributed by atoms with E-state index in [0.29, 0.717) is 5.56 Å². The Morgan fingerprint density at radius 2 is 1.68 bits per heavy atom. The van der Waals surface area contributed by atoms with Gasteiger partial charge in [-0.3, -0.25) is 0 Å². The third-order valence-electron chi connectivity index (χ3n) is 3.24. The summed E-state index contributed by atoms with van der Waals surface area (Å²) in [6, 6.07) is 12.7. The number of rotatable bonds is 4. The Bertz CT molecular complexity index is 820. The summed E-state index contributed by atoms with van der Waals surface area (Å²) in [4.78, 5) is 11.8. The number of benzene rings is 2. The molecule has 0 aliphatic carbocycles. The summed E-state index contributed by atoms with van der Waals surface area (Å²) >= 11 is 0. The van der Waals surface area contributed by atoms with Crippen molar-refractivity contribution in [2.45, 2.75) is 13.2 Å². The minimum Gasteiger partial charge on any atom is -0.392 e. The summed E-state index contributed by atoms with van der Waals surface area (Å²) in [6.07, 6.45) is 0. The number of hydrogen-bond acceptors (Lipinski definition) is 4. The fourth-order valence-electron chi connectivity index (χ4n) is 2.04. The fraction of sp³-hybridized carbons (Fsp3) is 0.125. The molecule has 0 bridgehead atoms. The molecule has 22 heavy (non-hydrogen) atoms. The standard InChI is InChI=1S/C16H13FN2O3/c17-14-7-5-13(6-8-14)15-18-19(16(21)22-15)9-11-1-3-12(10-20)4-2-11/h1-8,20H,9-10H2. The molecular weight excluding hydrogens is 287 g/mol. The highest BCUT2D eigenvalue weighted by Crippen LogP contribution is 2.16. The third kappa shape index (κ3) is 2.96. The van der Waals surface area contributed by atoms with Crippen LogP contribution in [-0.2, 0) is 13.2 Å². The number of nitrogens with zero attached hydrogens (tertiary/aromatic N) is 2. The molecule has 0 unspecified atom stereocenters. The van der Waals surface area contributed by atoms with Crippen LogP contribution in [0.5, 0.6) is 0 Å². The molecule has 1 aromatic heterocycles. The van der Waals surface area contributed by atoms with Crippen LogP contribution in [0.1, 0.15) is 11.1 Å². The van der Waals surface area contributed by atoms with Gasteiger partial charge in [-0.1, -0.05) is 24.3 Å². The molecule has 0 atom stereocenters. The van der Waals surface area contributed by atoms with Gasteiger partial charge in [-0.05, 0) is 35.4 Å². The molecule has 6 heteroatoms. The molecule has 0 spiro atoms. The SMILES string of the molecule is O=c1oc(-c2ccc(F)cc2)nn1Cc1ccc(CO)cc1. The monoisotopic (exact) mass is 300 g/mol. The molecule has 3 rings (SSSR count). The van der Waals surface area contributed by atoms with Gasteiger partial charge < -0.3 is 9.52 Å². The maximum Gasteiger partial charge on any atom is 0.437 e. The van der Waals surface area contributed by atoms with Gasteiger partial charge in [0.25, 0.3) is 0 Å². The molecule has 0 amide bonds. The lowest BCUT2D eigenvalue weighted by molar-refractivity contribution is 0.282. The van der Waals surface area contributed by atoms with E-state index in [1.807, 2.05) is 12.1 Å². The van der Waals surface area contributed by atoms with Crippen LogP contribution in [-0.4, -0.2) is 14.9 Å². The van der Waals surface area contributed by atoms with Crippen molar-refractivity contribution in [3.63, 3.8) is 0 Å². The highest BCUT2D eigenvalue weighted by atomic mass is 19.1. The number of halogens is 1. The van der Waals surface area contributed by atoms with Crippen LogP contribution in [0.2, 0.25) is 0 Å². The second-order valence-electron chi connectivity index (χ2n) is 4.81. The van der Waals surface area contributed by atoms with Crippen molar-refractivity contribution in [3.05, 3.63) is 76.0 Å². The van der Waals surface area contributed by atoms with E-state index in [9.17, 15) is 9.18 Å². The molecule has 0 saturated heterocycles. The minimum absolute atomic E-state index is 0.0289. The van der Waals surface area contributed by atoms with Crippen molar-refractivity contribution in [2.24, 2.45) is 0 Å². The zero-order chi connectivity index (χ0) is 15.5. The Kier molecular flexibility index (Phi) is 3.84. The second-order valence-corrected chi connectivity index (χ2v) is 4.81. The normalized spacial score (nSPS) is 10.8. The smallest absolute Gasteiger partial charge is 0.392 e. The first-order chi connectivity index (χ1) is 10.7. The van der Waals surface area contributed by atoms with E-state index in [0.717, 1.165) is 11.1 Å². The second kappa shape index (κ2) is 5.95. The highest BCUT2D eigenvalue weighted by molar-refractivity contribution is 5.51. The topological polar surface area (TPSA) is 68.3 Å². The zero-order valence-corrected chi connectivity index (χ0v) is 11.6. The van der Waals surface area contributed by atoms with Gasteiger partial charge in [-0.2, -0.15) is 4.68 Å². The maximum atomic E-state index is 12.9. The lowest BCUT2D eigenvalue weighted by atomic mass is 10.1. The number of hydrogen-bond donors (Lipinski definition) is 1. The quantitative estimate of drug-likeness (QED) is 0.802. The van der Waals surface area contributed by atoms with Crippen molar-refractivity contribution < 1.29 is 13.9 Å². The van der Waals surface area contributed by atoms with Gasteiger partial charge in [0.2, 0.25) is 5.89 Å². The van der Waals surface area contributed by atoms with Crippen molar-refractivity contribution in [3.8, 4) is 11.5 Å². The fourth-order valence-corrected chi connectivity index (χ4v) is 2.04. The summed E-state index contributed by atoms with van der Waals surface area (Å²) in [5, 5.41) is 13.1. The summed E-state index contributed by atoms with van der Waals surface area (Å²) in [5.74, 6) is -0.794. The van der Waals surface area contributed by atoms with Gasteiger partial charge in [-0.15, -0.1) is 5.10 Å². The van der Waals surface area contributed by atoms with E-state index in [1.54, 1.807) is 12.1 Å². The molecule has 3 aromatic rings. The third-order valence-corrected chi connectivity index (χ3v) is 3.24. The van der Waals surface area contributed by atoms with Crippen LogP contribution in [0.4, 0.5) is 4.39 Å². The van der Waals surface area contributed by atoms with E-state index >= 15 is 0 Å². The molecule has 0 radical (unpaired) electrons. The van der Waals surface area contributed by atoms with Crippen LogP contribution in [0.25, 0.3) is 11.5 Å². The Balaban J connectivity index is 1.85. The molecule has 2 aromatic carbocycles. The highest BCUT2D eigenvalue weighted by Gasteiger charge is 2.10. The molecule has 0 aliphatic rings. The van der Waals surface area contributed by atoms with Gasteiger partial charge in [0, 0.05) is 5.56 Å². The van der Waals surface area contributed by atoms with Crippen molar-refractivity contribution in [1.29, 1.82) is 0 Å². The molecule has 5 nitrogen and oxygen atoms in total. The van der Waals surface area contributed by atoms with Crippen molar-refractivity contribution >= 4 is 0 Å². The lowest BCUT2D eigenvalue weighted by Gasteiger charge is -2.01. The first kappa shape index (κ1) is 14.2. The predicted octanol–water partition coefficient (Wildman–Crippen LogP) is 2.18. The van der Waals surface area contributed by atoms with E-state index in [2.05, 4.69) is 5.10 Å². The number of aliphatic hydroxyl groups is 1. The number of aliphatic hydroxyl groups excluding tert-OH is 1. The van der Waals surface area contributed by atoms with Gasteiger partial charge in [0.1, 0.15) is 5.82 Å². The van der Waals surface area contributed by atoms with Gasteiger partial charge in [-0.25, -0.2) is 9.18 Å². The van der Waals surface area contributed by atoms with E-state index in [-0.39, 0.29) is 24.9 Å². The van der Waals surface area contributed by atoms with Crippen LogP contribution in [0, 0.1) is 5.82 Å². The van der Waals surface area contributed by atoms with Crippen LogP contribution >= 0.6 is 0 Å². The summed E-state index contributed by atoms with van der Waals surface area (Å²) in [5.41, 5.74) is 2.19. The largest absolute Gasteiger partial charge is 0.437 e. The van der Waals surface area contributed by atoms with Crippen LogP contribution in [0.15, 0.2) is 57.7 Å². The van der Waals surface area contributed by atoms with E-state index in [4.69, 9.17) is 9.52 Å². The Morgan fingerprint density at radius 1 is 1.05 bits per heavy atom. The van der Waals surface area contributed by atoms with E-state index < -0.39 is 5.76 Å². The predicted molar refractivity (Wildman–Crippen MR) is 77.6 cm³/mol. The molecule has 1 N–H and O–H groups in total. The van der Waals surface area contributed by atoms with Crippen LogP contribution < -0.4 is 5.76 Å². The van der Waals surface area contributed by atoms with Gasteiger partial charge in [0.15, 0.2) is 0 Å². The number of aromatic nitrogens is 2. The Labute approximate surface area is 125 Å². The molecule has 0 fully saturated rings. The minimum atomic E-state index is -0.578. The molecular formula is C16H13FN2O3. The van der Waals surface area contributed by atoms with Gasteiger partial charge in [0.05, 0.1) is 13.2 Å². The average Bonchev–Trinajstić information content (AvgIpc) is 2.90. The molecule has 1 heterocycles. The van der Waals surface area contributed by atoms with Gasteiger partial charge >= 0.3 is 5.76 Å². The lowest BCUT2D eigenvalue weighted by Crippen LogP contribution is -2.16. The van der Waals surface area contributed by atoms with Crippen LogP contribution in [0.3, 0.4) is 0 Å². The molecule has 0 saturated carbocycles. The van der Waals surface area contributed by atoms with Crippen molar-refractivity contribution in [1.82, 2.24) is 9.78 Å². The Morgan fingerprint density at radius 3 is 2.32 bits per heavy atom. The summed E-state index contributed by atoms with van der Waals surface area (Å²) in [7, 11) is 0. The Hall–Kier alpha value is -2.73. The molecule has 112 valence electrons.